The monoisotopic (exact) mass is 309 g/mol. The van der Waals surface area contributed by atoms with E-state index in [2.05, 4.69) is 22.1 Å². The van der Waals surface area contributed by atoms with Crippen LogP contribution in [0.4, 0.5) is 5.69 Å². The number of fused-ring (bicyclic) bond motifs is 1. The fraction of sp³-hybridized carbons (Fsp3) is 0.333. The van der Waals surface area contributed by atoms with Crippen molar-refractivity contribution in [2.75, 3.05) is 18.6 Å². The first-order valence-electron chi connectivity index (χ1n) is 7.96. The number of nitrogens with one attached hydrogen (secondary N) is 1. The zero-order valence-electron chi connectivity index (χ0n) is 13.1. The molecule has 0 saturated heterocycles. The lowest BCUT2D eigenvalue weighted by atomic mass is 9.98. The molecular formula is C18H19N3O2. The van der Waals surface area contributed by atoms with E-state index < -0.39 is 0 Å². The second-order valence-corrected chi connectivity index (χ2v) is 6.13. The Labute approximate surface area is 135 Å². The van der Waals surface area contributed by atoms with Gasteiger partial charge in [0.25, 0.3) is 0 Å². The number of amides is 1. The van der Waals surface area contributed by atoms with Gasteiger partial charge in [0.2, 0.25) is 5.91 Å². The molecule has 2 aromatic rings. The Morgan fingerprint density at radius 3 is 3.04 bits per heavy atom. The van der Waals surface area contributed by atoms with Crippen molar-refractivity contribution in [1.29, 1.82) is 0 Å². The van der Waals surface area contributed by atoms with Crippen LogP contribution in [-0.4, -0.2) is 29.5 Å². The minimum absolute atomic E-state index is 0.209. The van der Waals surface area contributed by atoms with Gasteiger partial charge in [-0.2, -0.15) is 0 Å². The summed E-state index contributed by atoms with van der Waals surface area (Å²) in [4.78, 5) is 21.2. The van der Waals surface area contributed by atoms with Crippen molar-refractivity contribution in [3.05, 3.63) is 42.0 Å². The summed E-state index contributed by atoms with van der Waals surface area (Å²) in [5.74, 6) is 1.30. The third-order valence-corrected chi connectivity index (χ3v) is 4.43. The lowest BCUT2D eigenvalue weighted by Crippen LogP contribution is -2.27. The highest BCUT2D eigenvalue weighted by atomic mass is 16.5. The molecule has 5 heteroatoms. The van der Waals surface area contributed by atoms with Crippen molar-refractivity contribution in [2.24, 2.45) is 5.92 Å². The van der Waals surface area contributed by atoms with E-state index in [1.54, 1.807) is 17.4 Å². The molecule has 118 valence electrons. The van der Waals surface area contributed by atoms with E-state index in [9.17, 15) is 4.79 Å². The fourth-order valence-corrected chi connectivity index (χ4v) is 2.92. The summed E-state index contributed by atoms with van der Waals surface area (Å²) in [5, 5.41) is 0. The number of hydrogen-bond donors (Lipinski definition) is 1. The smallest absolute Gasteiger partial charge is 0.229 e. The molecule has 1 aromatic heterocycles. The number of aromatic nitrogens is 2. The van der Waals surface area contributed by atoms with Crippen LogP contribution in [0.15, 0.2) is 30.7 Å². The van der Waals surface area contributed by atoms with Crippen molar-refractivity contribution in [3.8, 4) is 5.75 Å². The second-order valence-electron chi connectivity index (χ2n) is 6.13. The van der Waals surface area contributed by atoms with Gasteiger partial charge in [-0.1, -0.05) is 0 Å². The zero-order valence-corrected chi connectivity index (χ0v) is 13.1. The van der Waals surface area contributed by atoms with Crippen LogP contribution in [-0.2, 0) is 4.79 Å². The van der Waals surface area contributed by atoms with E-state index in [4.69, 9.17) is 4.74 Å². The van der Waals surface area contributed by atoms with E-state index in [1.807, 2.05) is 19.2 Å². The summed E-state index contributed by atoms with van der Waals surface area (Å²) >= 11 is 0. The molecule has 1 N–H and O–H groups in total. The summed E-state index contributed by atoms with van der Waals surface area (Å²) < 4.78 is 5.76. The highest BCUT2D eigenvalue weighted by molar-refractivity contribution is 5.97. The number of carbonyl (C=O) groups is 1. The highest BCUT2D eigenvalue weighted by Gasteiger charge is 2.32. The van der Waals surface area contributed by atoms with Gasteiger partial charge in [-0.3, -0.25) is 4.79 Å². The van der Waals surface area contributed by atoms with E-state index in [0.29, 0.717) is 6.61 Å². The lowest BCUT2D eigenvalue weighted by Gasteiger charge is -2.24. The minimum atomic E-state index is 0.209. The Morgan fingerprint density at radius 2 is 2.30 bits per heavy atom. The molecule has 1 amide bonds. The van der Waals surface area contributed by atoms with Gasteiger partial charge in [0.05, 0.1) is 24.8 Å². The zero-order chi connectivity index (χ0) is 15.8. The van der Waals surface area contributed by atoms with Crippen LogP contribution >= 0.6 is 0 Å². The molecule has 0 unspecified atom stereocenters. The third kappa shape index (κ3) is 2.74. The molecule has 1 aliphatic carbocycles. The predicted molar refractivity (Wildman–Crippen MR) is 89.1 cm³/mol. The molecule has 4 rings (SSSR count). The Balaban J connectivity index is 1.69. The number of imidazole rings is 1. The maximum absolute atomic E-state index is 12.3. The number of benzene rings is 1. The SMILES string of the molecule is CN(C(=O)C1CC1)c1ccc2c(c1)/C(=C/c1cnc[nH]1)CCO2. The van der Waals surface area contributed by atoms with Gasteiger partial charge in [0.1, 0.15) is 5.75 Å². The molecule has 2 aliphatic rings. The molecule has 0 spiro atoms. The molecular weight excluding hydrogens is 290 g/mol. The van der Waals surface area contributed by atoms with Crippen LogP contribution in [0.5, 0.6) is 5.75 Å². The van der Waals surface area contributed by atoms with Crippen molar-refractivity contribution in [1.82, 2.24) is 9.97 Å². The van der Waals surface area contributed by atoms with Crippen molar-refractivity contribution >= 4 is 23.2 Å². The average molecular weight is 309 g/mol. The lowest BCUT2D eigenvalue weighted by molar-refractivity contribution is -0.119. The first kappa shape index (κ1) is 14.1. The highest BCUT2D eigenvalue weighted by Crippen LogP contribution is 2.38. The first-order chi connectivity index (χ1) is 11.2. The van der Waals surface area contributed by atoms with E-state index in [0.717, 1.165) is 42.0 Å². The molecule has 5 nitrogen and oxygen atoms in total. The topological polar surface area (TPSA) is 58.2 Å². The summed E-state index contributed by atoms with van der Waals surface area (Å²) in [6, 6.07) is 5.97. The summed E-state index contributed by atoms with van der Waals surface area (Å²) in [6.45, 7) is 0.670. The third-order valence-electron chi connectivity index (χ3n) is 4.43. The second kappa shape index (κ2) is 5.57. The van der Waals surface area contributed by atoms with Gasteiger partial charge in [0.15, 0.2) is 0 Å². The number of rotatable bonds is 3. The normalized spacial score (nSPS) is 18.4. The summed E-state index contributed by atoms with van der Waals surface area (Å²) in [5.41, 5.74) is 4.14. The maximum Gasteiger partial charge on any atom is 0.229 e. The van der Waals surface area contributed by atoms with E-state index in [1.165, 1.54) is 5.57 Å². The number of hydrogen-bond acceptors (Lipinski definition) is 3. The molecule has 1 aromatic carbocycles. The van der Waals surface area contributed by atoms with Crippen molar-refractivity contribution < 1.29 is 9.53 Å². The largest absolute Gasteiger partial charge is 0.493 e. The molecule has 0 bridgehead atoms. The van der Waals surface area contributed by atoms with Crippen LogP contribution in [0.25, 0.3) is 11.6 Å². The number of carbonyl (C=O) groups excluding carboxylic acids is 1. The number of H-pyrrole nitrogens is 1. The first-order valence-corrected chi connectivity index (χ1v) is 7.96. The number of nitrogens with zero attached hydrogens (tertiary/aromatic N) is 2. The number of anilines is 1. The van der Waals surface area contributed by atoms with Crippen molar-refractivity contribution in [2.45, 2.75) is 19.3 Å². The quantitative estimate of drug-likeness (QED) is 0.948. The fourth-order valence-electron chi connectivity index (χ4n) is 2.92. The van der Waals surface area contributed by atoms with Gasteiger partial charge < -0.3 is 14.6 Å². The van der Waals surface area contributed by atoms with Crippen LogP contribution < -0.4 is 9.64 Å². The van der Waals surface area contributed by atoms with E-state index >= 15 is 0 Å². The Hall–Kier alpha value is -2.56. The molecule has 1 saturated carbocycles. The van der Waals surface area contributed by atoms with Gasteiger partial charge in [-0.15, -0.1) is 0 Å². The van der Waals surface area contributed by atoms with Gasteiger partial charge in [-0.25, -0.2) is 4.98 Å². The van der Waals surface area contributed by atoms with Crippen LogP contribution in [0.2, 0.25) is 0 Å². The summed E-state index contributed by atoms with van der Waals surface area (Å²) in [7, 11) is 1.85. The molecule has 23 heavy (non-hydrogen) atoms. The van der Waals surface area contributed by atoms with Crippen molar-refractivity contribution in [3.63, 3.8) is 0 Å². The summed E-state index contributed by atoms with van der Waals surface area (Å²) in [6.07, 6.45) is 8.45. The standard InChI is InChI=1S/C18H19N3O2/c1-21(18(22)12-2-3-12)15-4-5-17-16(9-15)13(6-7-23-17)8-14-10-19-11-20-14/h4-5,8-12H,2-3,6-7H2,1H3,(H,19,20)/b13-8+. The van der Waals surface area contributed by atoms with Crippen LogP contribution in [0, 0.1) is 5.92 Å². The van der Waals surface area contributed by atoms with Gasteiger partial charge in [0, 0.05) is 30.6 Å². The minimum Gasteiger partial charge on any atom is -0.493 e. The number of ether oxygens (including phenoxy) is 1. The molecule has 0 radical (unpaired) electrons. The van der Waals surface area contributed by atoms with Gasteiger partial charge in [-0.05, 0) is 42.7 Å². The predicted octanol–water partition coefficient (Wildman–Crippen LogP) is 3.11. The molecule has 1 fully saturated rings. The van der Waals surface area contributed by atoms with Crippen LogP contribution in [0.3, 0.4) is 0 Å². The maximum atomic E-state index is 12.3. The van der Waals surface area contributed by atoms with Gasteiger partial charge >= 0.3 is 0 Å². The molecule has 0 atom stereocenters. The van der Waals surface area contributed by atoms with Crippen LogP contribution in [0.1, 0.15) is 30.5 Å². The number of aromatic amines is 1. The molecule has 2 heterocycles. The van der Waals surface area contributed by atoms with E-state index in [-0.39, 0.29) is 11.8 Å². The Bertz CT molecular complexity index is 761. The average Bonchev–Trinajstić information content (AvgIpc) is 3.31. The Morgan fingerprint density at radius 1 is 1.43 bits per heavy atom. The molecule has 1 aliphatic heterocycles. The Kier molecular flexibility index (Phi) is 3.41.